The molecule has 0 aliphatic heterocycles. The highest BCUT2D eigenvalue weighted by Gasteiger charge is 1.94. The van der Waals surface area contributed by atoms with E-state index in [1.54, 1.807) is 23.0 Å². The zero-order valence-electron chi connectivity index (χ0n) is 8.62. The van der Waals surface area contributed by atoms with Crippen LogP contribution in [0.5, 0.6) is 0 Å². The molecule has 0 atom stereocenters. The summed E-state index contributed by atoms with van der Waals surface area (Å²) in [6.07, 6.45) is 5.43. The highest BCUT2D eigenvalue weighted by molar-refractivity contribution is 5.79. The van der Waals surface area contributed by atoms with E-state index in [9.17, 15) is 0 Å². The summed E-state index contributed by atoms with van der Waals surface area (Å²) in [6.45, 7) is 0. The van der Waals surface area contributed by atoms with Crippen molar-refractivity contribution in [2.24, 2.45) is 5.10 Å². The molecule has 2 rings (SSSR count). The highest BCUT2D eigenvalue weighted by Crippen LogP contribution is 2.00. The van der Waals surface area contributed by atoms with E-state index >= 15 is 0 Å². The first-order chi connectivity index (χ1) is 7.88. The summed E-state index contributed by atoms with van der Waals surface area (Å²) in [4.78, 5) is 0. The molecule has 0 aliphatic rings. The second-order valence-corrected chi connectivity index (χ2v) is 3.24. The van der Waals surface area contributed by atoms with Gasteiger partial charge >= 0.3 is 0 Å². The second kappa shape index (κ2) is 4.85. The Kier molecular flexibility index (Phi) is 3.05. The van der Waals surface area contributed by atoms with Gasteiger partial charge in [-0.1, -0.05) is 22.9 Å². The maximum absolute atomic E-state index is 8.75. The molecule has 3 heteroatoms. The van der Waals surface area contributed by atoms with Crippen LogP contribution in [-0.4, -0.2) is 6.21 Å². The van der Waals surface area contributed by atoms with Crippen LogP contribution in [0, 0.1) is 11.3 Å². The van der Waals surface area contributed by atoms with Gasteiger partial charge in [-0.25, -0.2) is 0 Å². The first kappa shape index (κ1) is 10.1. The van der Waals surface area contributed by atoms with Crippen molar-refractivity contribution in [1.29, 1.82) is 5.26 Å². The van der Waals surface area contributed by atoms with Crippen LogP contribution < -0.4 is 4.68 Å². The van der Waals surface area contributed by atoms with Gasteiger partial charge in [-0.15, -0.1) is 0 Å². The Morgan fingerprint density at radius 1 is 1.12 bits per heavy atom. The molecule has 2 aromatic rings. The molecular formula is C13H10N3+. The highest BCUT2D eigenvalue weighted by atomic mass is 15.3. The van der Waals surface area contributed by atoms with E-state index in [-0.39, 0.29) is 0 Å². The van der Waals surface area contributed by atoms with Gasteiger partial charge in [-0.2, -0.15) is 5.26 Å². The zero-order valence-corrected chi connectivity index (χ0v) is 8.62. The zero-order chi connectivity index (χ0) is 11.2. The van der Waals surface area contributed by atoms with Crippen LogP contribution in [0.3, 0.4) is 0 Å². The average molecular weight is 208 g/mol. The van der Waals surface area contributed by atoms with Crippen LogP contribution in [0.1, 0.15) is 11.1 Å². The number of hydrogen-bond acceptors (Lipinski definition) is 2. The molecule has 3 nitrogen and oxygen atoms in total. The van der Waals surface area contributed by atoms with Gasteiger partial charge in [-0.3, -0.25) is 0 Å². The molecule has 0 saturated carbocycles. The number of rotatable bonds is 2. The molecule has 76 valence electrons. The first-order valence-corrected chi connectivity index (χ1v) is 4.89. The monoisotopic (exact) mass is 208 g/mol. The normalized spacial score (nSPS) is 10.2. The summed E-state index contributed by atoms with van der Waals surface area (Å²) in [5, 5.41) is 13.0. The van der Waals surface area contributed by atoms with Gasteiger partial charge < -0.3 is 0 Å². The van der Waals surface area contributed by atoms with E-state index in [0.29, 0.717) is 5.56 Å². The standard InChI is InChI=1S/C13H10N3/c14-10-12-5-4-6-13(9-12)11-15-16-7-2-1-3-8-16/h1-9,11H/q+1/b15-11+. The molecule has 0 amide bonds. The molecule has 0 spiro atoms. The van der Waals surface area contributed by atoms with E-state index in [0.717, 1.165) is 5.56 Å². The number of hydrogen-bond donors (Lipinski definition) is 0. The fourth-order valence-corrected chi connectivity index (χ4v) is 1.29. The predicted octanol–water partition coefficient (Wildman–Crippen LogP) is 1.73. The van der Waals surface area contributed by atoms with Gasteiger partial charge in [0.2, 0.25) is 12.4 Å². The maximum Gasteiger partial charge on any atom is 0.202 e. The van der Waals surface area contributed by atoms with Crippen molar-refractivity contribution in [1.82, 2.24) is 0 Å². The fourth-order valence-electron chi connectivity index (χ4n) is 1.29. The quantitative estimate of drug-likeness (QED) is 0.547. The molecule has 1 heterocycles. The molecular weight excluding hydrogens is 198 g/mol. The Morgan fingerprint density at radius 3 is 2.69 bits per heavy atom. The fraction of sp³-hybridized carbons (Fsp3) is 0. The lowest BCUT2D eigenvalue weighted by atomic mass is 10.1. The van der Waals surface area contributed by atoms with Crippen molar-refractivity contribution in [2.75, 3.05) is 0 Å². The Labute approximate surface area is 93.9 Å². The molecule has 0 radical (unpaired) electrons. The van der Waals surface area contributed by atoms with Crippen molar-refractivity contribution in [3.63, 3.8) is 0 Å². The molecule has 0 aliphatic carbocycles. The van der Waals surface area contributed by atoms with Gasteiger partial charge in [0, 0.05) is 17.7 Å². The van der Waals surface area contributed by atoms with E-state index in [4.69, 9.17) is 5.26 Å². The van der Waals surface area contributed by atoms with Crippen molar-refractivity contribution in [3.8, 4) is 6.07 Å². The summed E-state index contributed by atoms with van der Waals surface area (Å²) in [6, 6.07) is 15.2. The lowest BCUT2D eigenvalue weighted by Gasteiger charge is -1.90. The van der Waals surface area contributed by atoms with Gasteiger partial charge in [0.05, 0.1) is 11.6 Å². The number of aromatic nitrogens is 1. The number of nitriles is 1. The van der Waals surface area contributed by atoms with E-state index in [2.05, 4.69) is 11.2 Å². The third-order valence-corrected chi connectivity index (χ3v) is 2.06. The van der Waals surface area contributed by atoms with Crippen LogP contribution in [0.4, 0.5) is 0 Å². The molecule has 16 heavy (non-hydrogen) atoms. The Balaban J connectivity index is 2.21. The lowest BCUT2D eigenvalue weighted by Crippen LogP contribution is -2.25. The minimum absolute atomic E-state index is 0.641. The Bertz CT molecular complexity index is 539. The SMILES string of the molecule is N#Cc1cccc(/C=N/[n+]2ccccc2)c1. The van der Waals surface area contributed by atoms with Crippen molar-refractivity contribution >= 4 is 6.21 Å². The Hall–Kier alpha value is -2.47. The maximum atomic E-state index is 8.75. The van der Waals surface area contributed by atoms with Crippen LogP contribution in [0.25, 0.3) is 0 Å². The van der Waals surface area contributed by atoms with Gasteiger partial charge in [-0.05, 0) is 17.2 Å². The van der Waals surface area contributed by atoms with E-state index < -0.39 is 0 Å². The minimum Gasteiger partial charge on any atom is -0.192 e. The second-order valence-electron chi connectivity index (χ2n) is 3.24. The molecule has 0 N–H and O–H groups in total. The number of pyridine rings is 1. The topological polar surface area (TPSA) is 40.0 Å². The molecule has 0 unspecified atom stereocenters. The average Bonchev–Trinajstić information content (AvgIpc) is 2.38. The van der Waals surface area contributed by atoms with Crippen LogP contribution >= 0.6 is 0 Å². The third kappa shape index (κ3) is 2.52. The summed E-state index contributed by atoms with van der Waals surface area (Å²) < 4.78 is 1.71. The summed E-state index contributed by atoms with van der Waals surface area (Å²) in [7, 11) is 0. The van der Waals surface area contributed by atoms with Gasteiger partial charge in [0.25, 0.3) is 0 Å². The summed E-state index contributed by atoms with van der Waals surface area (Å²) in [5.74, 6) is 0. The molecule has 0 saturated heterocycles. The van der Waals surface area contributed by atoms with Crippen LogP contribution in [-0.2, 0) is 0 Å². The predicted molar refractivity (Wildman–Crippen MR) is 60.8 cm³/mol. The van der Waals surface area contributed by atoms with Crippen molar-refractivity contribution in [2.45, 2.75) is 0 Å². The largest absolute Gasteiger partial charge is 0.202 e. The summed E-state index contributed by atoms with van der Waals surface area (Å²) >= 11 is 0. The minimum atomic E-state index is 0.641. The summed E-state index contributed by atoms with van der Waals surface area (Å²) in [5.41, 5.74) is 1.55. The van der Waals surface area contributed by atoms with Gasteiger partial charge in [0.15, 0.2) is 0 Å². The van der Waals surface area contributed by atoms with Crippen molar-refractivity contribution in [3.05, 3.63) is 66.0 Å². The lowest BCUT2D eigenvalue weighted by molar-refractivity contribution is -0.678. The third-order valence-electron chi connectivity index (χ3n) is 2.06. The Morgan fingerprint density at radius 2 is 1.94 bits per heavy atom. The van der Waals surface area contributed by atoms with E-state index in [1.165, 1.54) is 0 Å². The van der Waals surface area contributed by atoms with Gasteiger partial charge in [0.1, 0.15) is 6.21 Å². The number of nitrogens with zero attached hydrogens (tertiary/aromatic N) is 3. The van der Waals surface area contributed by atoms with Crippen LogP contribution in [0.15, 0.2) is 60.0 Å². The smallest absolute Gasteiger partial charge is 0.192 e. The van der Waals surface area contributed by atoms with E-state index in [1.807, 2.05) is 42.7 Å². The number of benzene rings is 1. The van der Waals surface area contributed by atoms with Crippen LogP contribution in [0.2, 0.25) is 0 Å². The first-order valence-electron chi connectivity index (χ1n) is 4.89. The molecule has 0 fully saturated rings. The molecule has 0 bridgehead atoms. The molecule has 1 aromatic heterocycles. The molecule has 1 aromatic carbocycles. The van der Waals surface area contributed by atoms with Crippen molar-refractivity contribution < 1.29 is 4.68 Å².